The minimum Gasteiger partial charge on any atom is -0.338 e. The van der Waals surface area contributed by atoms with Crippen molar-refractivity contribution >= 4 is 11.5 Å². The van der Waals surface area contributed by atoms with Gasteiger partial charge in [0.1, 0.15) is 17.6 Å². The molecule has 0 amide bonds. The summed E-state index contributed by atoms with van der Waals surface area (Å²) in [6.07, 6.45) is 8.72. The largest absolute Gasteiger partial charge is 0.338 e. The Labute approximate surface area is 123 Å². The average Bonchev–Trinajstić information content (AvgIpc) is 2.57. The summed E-state index contributed by atoms with van der Waals surface area (Å²) in [4.78, 5) is 12.9. The summed E-state index contributed by atoms with van der Waals surface area (Å²) >= 11 is 0. The van der Waals surface area contributed by atoms with Gasteiger partial charge < -0.3 is 10.6 Å². The number of hydrogen-bond donors (Lipinski definition) is 2. The molecule has 0 bridgehead atoms. The second-order valence-corrected chi connectivity index (χ2v) is 5.00. The maximum absolute atomic E-state index is 8.71. The number of piperidine rings is 1. The van der Waals surface area contributed by atoms with Crippen LogP contribution in [0.3, 0.4) is 0 Å². The highest BCUT2D eigenvalue weighted by atomic mass is 15.0. The van der Waals surface area contributed by atoms with E-state index in [1.165, 1.54) is 12.8 Å². The van der Waals surface area contributed by atoms with Crippen LogP contribution in [0.5, 0.6) is 0 Å². The molecule has 0 aliphatic carbocycles. The van der Waals surface area contributed by atoms with Crippen LogP contribution in [0.25, 0.3) is 0 Å². The molecule has 0 unspecified atom stereocenters. The number of nitrogens with one attached hydrogen (secondary N) is 2. The van der Waals surface area contributed by atoms with Crippen LogP contribution in [0, 0.1) is 11.3 Å². The van der Waals surface area contributed by atoms with Gasteiger partial charge in [-0.2, -0.15) is 5.26 Å². The zero-order chi connectivity index (χ0) is 14.5. The molecule has 106 valence electrons. The summed E-state index contributed by atoms with van der Waals surface area (Å²) in [5.74, 6) is 0.668. The van der Waals surface area contributed by atoms with E-state index in [1.54, 1.807) is 24.5 Å². The lowest BCUT2D eigenvalue weighted by Crippen LogP contribution is -2.27. The molecule has 1 fully saturated rings. The predicted octanol–water partition coefficient (Wildman–Crippen LogP) is 2.30. The molecular weight excluding hydrogens is 264 g/mol. The molecule has 1 aliphatic rings. The number of nitriles is 1. The van der Waals surface area contributed by atoms with Crippen molar-refractivity contribution in [3.63, 3.8) is 0 Å². The van der Waals surface area contributed by atoms with E-state index in [0.717, 1.165) is 24.3 Å². The van der Waals surface area contributed by atoms with Crippen molar-refractivity contribution in [2.75, 3.05) is 11.9 Å². The minimum absolute atomic E-state index is 0.317. The van der Waals surface area contributed by atoms with Gasteiger partial charge in [0, 0.05) is 0 Å². The third kappa shape index (κ3) is 3.33. The van der Waals surface area contributed by atoms with Gasteiger partial charge in [-0.25, -0.2) is 9.97 Å². The van der Waals surface area contributed by atoms with Crippen LogP contribution >= 0.6 is 0 Å². The fourth-order valence-electron chi connectivity index (χ4n) is 2.37. The van der Waals surface area contributed by atoms with Gasteiger partial charge >= 0.3 is 0 Å². The van der Waals surface area contributed by atoms with Crippen LogP contribution in [0.2, 0.25) is 0 Å². The molecule has 2 N–H and O–H groups in total. The summed E-state index contributed by atoms with van der Waals surface area (Å²) in [6, 6.07) is 5.76. The van der Waals surface area contributed by atoms with Crippen LogP contribution in [-0.4, -0.2) is 21.5 Å². The summed E-state index contributed by atoms with van der Waals surface area (Å²) in [5, 5.41) is 15.3. The zero-order valence-corrected chi connectivity index (χ0v) is 11.6. The molecular formula is C15H16N6. The number of nitrogens with zero attached hydrogens (tertiary/aromatic N) is 4. The maximum Gasteiger partial charge on any atom is 0.148 e. The van der Waals surface area contributed by atoms with E-state index in [2.05, 4.69) is 25.6 Å². The van der Waals surface area contributed by atoms with Gasteiger partial charge in [0.25, 0.3) is 0 Å². The van der Waals surface area contributed by atoms with Crippen LogP contribution < -0.4 is 10.6 Å². The molecule has 1 saturated heterocycles. The molecule has 3 rings (SSSR count). The Morgan fingerprint density at radius 2 is 2.10 bits per heavy atom. The van der Waals surface area contributed by atoms with Crippen LogP contribution in [0.4, 0.5) is 11.5 Å². The first-order valence-corrected chi connectivity index (χ1v) is 7.03. The summed E-state index contributed by atoms with van der Waals surface area (Å²) in [6.45, 7) is 1.04. The van der Waals surface area contributed by atoms with E-state index < -0.39 is 0 Å². The van der Waals surface area contributed by atoms with Gasteiger partial charge in [-0.1, -0.05) is 6.42 Å². The summed E-state index contributed by atoms with van der Waals surface area (Å²) in [5.41, 5.74) is 2.16. The highest BCUT2D eigenvalue weighted by molar-refractivity contribution is 5.54. The first kappa shape index (κ1) is 13.5. The predicted molar refractivity (Wildman–Crippen MR) is 78.9 cm³/mol. The lowest BCUT2D eigenvalue weighted by molar-refractivity contribution is 0.404. The van der Waals surface area contributed by atoms with Gasteiger partial charge in [-0.3, -0.25) is 4.98 Å². The van der Waals surface area contributed by atoms with Crippen LogP contribution in [0.1, 0.15) is 36.7 Å². The smallest absolute Gasteiger partial charge is 0.148 e. The molecule has 2 aromatic rings. The van der Waals surface area contributed by atoms with Crippen molar-refractivity contribution in [2.24, 2.45) is 0 Å². The van der Waals surface area contributed by atoms with Gasteiger partial charge in [-0.05, 0) is 31.5 Å². The van der Waals surface area contributed by atoms with Gasteiger partial charge in [0.15, 0.2) is 0 Å². The summed E-state index contributed by atoms with van der Waals surface area (Å²) < 4.78 is 0. The average molecular weight is 280 g/mol. The monoisotopic (exact) mass is 280 g/mol. The van der Waals surface area contributed by atoms with Gasteiger partial charge in [0.2, 0.25) is 0 Å². The Hall–Kier alpha value is -2.52. The third-order valence-electron chi connectivity index (χ3n) is 3.49. The Kier molecular flexibility index (Phi) is 4.03. The Bertz CT molecular complexity index is 623. The number of anilines is 2. The SMILES string of the molecule is N#Cc1ccc(Nc2cnc([C@H]3CCCCN3)cn2)cn1. The number of rotatable bonds is 3. The van der Waals surface area contributed by atoms with E-state index in [0.29, 0.717) is 17.6 Å². The molecule has 0 radical (unpaired) electrons. The van der Waals surface area contributed by atoms with Crippen molar-refractivity contribution in [3.05, 3.63) is 42.1 Å². The standard InChI is InChI=1S/C15H16N6/c16-7-11-4-5-12(8-18-11)21-15-10-19-14(9-20-15)13-3-1-2-6-17-13/h4-5,8-10,13,17H,1-3,6H2,(H,20,21)/t13-/m1/s1. The highest BCUT2D eigenvalue weighted by Gasteiger charge is 2.16. The fourth-order valence-corrected chi connectivity index (χ4v) is 2.37. The molecule has 6 heteroatoms. The lowest BCUT2D eigenvalue weighted by atomic mass is 10.0. The van der Waals surface area contributed by atoms with Crippen molar-refractivity contribution in [3.8, 4) is 6.07 Å². The molecule has 0 spiro atoms. The first-order chi connectivity index (χ1) is 10.3. The van der Waals surface area contributed by atoms with E-state index >= 15 is 0 Å². The molecule has 1 aliphatic heterocycles. The molecule has 0 saturated carbocycles. The minimum atomic E-state index is 0.317. The number of hydrogen-bond acceptors (Lipinski definition) is 6. The third-order valence-corrected chi connectivity index (χ3v) is 3.49. The van der Waals surface area contributed by atoms with Crippen LogP contribution in [0.15, 0.2) is 30.7 Å². The quantitative estimate of drug-likeness (QED) is 0.897. The lowest BCUT2D eigenvalue weighted by Gasteiger charge is -2.22. The summed E-state index contributed by atoms with van der Waals surface area (Å²) in [7, 11) is 0. The van der Waals surface area contributed by atoms with E-state index in [-0.39, 0.29) is 0 Å². The highest BCUT2D eigenvalue weighted by Crippen LogP contribution is 2.21. The van der Waals surface area contributed by atoms with Crippen molar-refractivity contribution in [1.82, 2.24) is 20.3 Å². The second kappa shape index (κ2) is 6.29. The van der Waals surface area contributed by atoms with E-state index in [1.807, 2.05) is 12.3 Å². The van der Waals surface area contributed by atoms with E-state index in [4.69, 9.17) is 5.26 Å². The number of aromatic nitrogens is 3. The maximum atomic E-state index is 8.71. The molecule has 0 aromatic carbocycles. The van der Waals surface area contributed by atoms with E-state index in [9.17, 15) is 0 Å². The van der Waals surface area contributed by atoms with Crippen molar-refractivity contribution in [2.45, 2.75) is 25.3 Å². The molecule has 21 heavy (non-hydrogen) atoms. The Morgan fingerprint density at radius 3 is 2.71 bits per heavy atom. The zero-order valence-electron chi connectivity index (χ0n) is 11.6. The molecule has 3 heterocycles. The Balaban J connectivity index is 1.67. The first-order valence-electron chi connectivity index (χ1n) is 7.03. The van der Waals surface area contributed by atoms with Crippen molar-refractivity contribution < 1.29 is 0 Å². The number of pyridine rings is 1. The molecule has 6 nitrogen and oxygen atoms in total. The normalized spacial score (nSPS) is 18.0. The van der Waals surface area contributed by atoms with Crippen LogP contribution in [-0.2, 0) is 0 Å². The topological polar surface area (TPSA) is 86.5 Å². The molecule has 1 atom stereocenters. The second-order valence-electron chi connectivity index (χ2n) is 5.00. The Morgan fingerprint density at radius 1 is 1.14 bits per heavy atom. The van der Waals surface area contributed by atoms with Gasteiger partial charge in [0.05, 0.1) is 36.0 Å². The molecule has 2 aromatic heterocycles. The fraction of sp³-hybridized carbons (Fsp3) is 0.333. The van der Waals surface area contributed by atoms with Gasteiger partial charge in [-0.15, -0.1) is 0 Å². The van der Waals surface area contributed by atoms with Crippen molar-refractivity contribution in [1.29, 1.82) is 5.26 Å².